The molecule has 0 aromatic carbocycles. The Kier molecular flexibility index (Phi) is 38.0. The minimum Gasteiger partial charge on any atom is -0.393 e. The van der Waals surface area contributed by atoms with Gasteiger partial charge in [0.15, 0.2) is 0 Å². The monoisotopic (exact) mass is 851 g/mol. The van der Waals surface area contributed by atoms with Gasteiger partial charge in [0.05, 0.1) is 30.5 Å². The average molecular weight is 851 g/mol. The Balaban J connectivity index is 2.31. The van der Waals surface area contributed by atoms with Gasteiger partial charge in [-0.1, -0.05) is 226 Å². The topological polar surface area (TPSA) is 127 Å². The quantitative estimate of drug-likeness (QED) is 0.0388. The van der Waals surface area contributed by atoms with E-state index in [0.717, 1.165) is 77.0 Å². The molecule has 7 nitrogen and oxygen atoms in total. The largest absolute Gasteiger partial charge is 0.393 e. The third-order valence-electron chi connectivity index (χ3n) is 13.9. The smallest absolute Gasteiger partial charge is 0.222 e. The summed E-state index contributed by atoms with van der Waals surface area (Å²) in [5.41, 5.74) is 5.63. The van der Waals surface area contributed by atoms with Gasteiger partial charge in [-0.25, -0.2) is 0 Å². The van der Waals surface area contributed by atoms with E-state index >= 15 is 0 Å². The van der Waals surface area contributed by atoms with Crippen molar-refractivity contribution in [3.63, 3.8) is 0 Å². The summed E-state index contributed by atoms with van der Waals surface area (Å²) in [5, 5.41) is 42.5. The van der Waals surface area contributed by atoms with Crippen molar-refractivity contribution in [2.24, 2.45) is 5.73 Å². The van der Waals surface area contributed by atoms with Crippen LogP contribution in [0.3, 0.4) is 0 Å². The van der Waals surface area contributed by atoms with Gasteiger partial charge in [0.25, 0.3) is 0 Å². The fourth-order valence-electron chi connectivity index (χ4n) is 9.18. The number of hydrogen-bond acceptors (Lipinski definition) is 6. The maximum Gasteiger partial charge on any atom is 0.222 e. The number of aliphatic hydroxyl groups excluding tert-OH is 4. The highest BCUT2D eigenvalue weighted by molar-refractivity contribution is 5.76. The molecule has 0 spiro atoms. The van der Waals surface area contributed by atoms with Crippen LogP contribution in [0.4, 0.5) is 0 Å². The van der Waals surface area contributed by atoms with Crippen LogP contribution in [0.25, 0.3) is 0 Å². The summed E-state index contributed by atoms with van der Waals surface area (Å²) < 4.78 is 0. The average Bonchev–Trinajstić information content (AvgIpc) is 3.99. The molecule has 6 N–H and O–H groups in total. The fourth-order valence-corrected chi connectivity index (χ4v) is 9.18. The minimum atomic E-state index is -0.702. The SMILES string of the molecule is CCCCCCCCCCCCCCCC(=O)N(CCCCCCCCCCCCCC(O)CC(O)C1(N)CC1)[C@@H](C)[C@@H](O)C[C@@H](O)CCCCCCCCCCCCC. The highest BCUT2D eigenvalue weighted by Gasteiger charge is 2.45. The number of rotatable bonds is 47. The first-order chi connectivity index (χ1) is 29.1. The molecule has 0 radical (unpaired) electrons. The van der Waals surface area contributed by atoms with E-state index in [0.29, 0.717) is 25.8 Å². The van der Waals surface area contributed by atoms with E-state index < -0.39 is 30.0 Å². The number of hydrogen-bond donors (Lipinski definition) is 5. The Morgan fingerprint density at radius 3 is 1.17 bits per heavy atom. The second-order valence-electron chi connectivity index (χ2n) is 19.9. The van der Waals surface area contributed by atoms with E-state index in [4.69, 9.17) is 5.73 Å². The number of nitrogens with two attached hydrogens (primary N) is 1. The van der Waals surface area contributed by atoms with Crippen LogP contribution in [0.5, 0.6) is 0 Å². The highest BCUT2D eigenvalue weighted by atomic mass is 16.3. The fraction of sp³-hybridized carbons (Fsp3) is 0.981. The van der Waals surface area contributed by atoms with E-state index in [-0.39, 0.29) is 11.9 Å². The van der Waals surface area contributed by atoms with Crippen molar-refractivity contribution in [2.75, 3.05) is 6.54 Å². The second-order valence-corrected chi connectivity index (χ2v) is 19.9. The zero-order valence-corrected chi connectivity index (χ0v) is 40.5. The molecule has 2 unspecified atom stereocenters. The second kappa shape index (κ2) is 39.8. The van der Waals surface area contributed by atoms with Gasteiger partial charge in [-0.2, -0.15) is 0 Å². The van der Waals surface area contributed by atoms with Gasteiger partial charge in [0, 0.05) is 31.3 Å². The van der Waals surface area contributed by atoms with Gasteiger partial charge in [-0.15, -0.1) is 0 Å². The van der Waals surface area contributed by atoms with Crippen LogP contribution in [-0.2, 0) is 4.79 Å². The number of aliphatic hydroxyl groups is 4. The Labute approximate surface area is 373 Å². The molecule has 0 aliphatic heterocycles. The van der Waals surface area contributed by atoms with Crippen LogP contribution < -0.4 is 5.73 Å². The molecule has 7 heteroatoms. The van der Waals surface area contributed by atoms with Gasteiger partial charge in [-0.3, -0.25) is 4.79 Å². The van der Waals surface area contributed by atoms with E-state index in [1.54, 1.807) is 0 Å². The Hall–Kier alpha value is -0.730. The zero-order valence-electron chi connectivity index (χ0n) is 40.5. The van der Waals surface area contributed by atoms with E-state index in [1.165, 1.54) is 173 Å². The summed E-state index contributed by atoms with van der Waals surface area (Å²) in [6, 6.07) is -0.276. The van der Waals surface area contributed by atoms with Crippen molar-refractivity contribution in [1.82, 2.24) is 4.90 Å². The summed E-state index contributed by atoms with van der Waals surface area (Å²) in [4.78, 5) is 15.6. The normalized spacial score (nSPS) is 16.1. The first kappa shape index (κ1) is 57.3. The number of nitrogens with zero attached hydrogens (tertiary/aromatic N) is 1. The molecule has 1 saturated carbocycles. The lowest BCUT2D eigenvalue weighted by atomic mass is 9.98. The third kappa shape index (κ3) is 32.9. The first-order valence-corrected chi connectivity index (χ1v) is 26.9. The molecule has 60 heavy (non-hydrogen) atoms. The molecule has 1 aliphatic rings. The molecule has 1 rings (SSSR count). The Morgan fingerprint density at radius 1 is 0.483 bits per heavy atom. The lowest BCUT2D eigenvalue weighted by Gasteiger charge is -2.33. The third-order valence-corrected chi connectivity index (χ3v) is 13.9. The highest BCUT2D eigenvalue weighted by Crippen LogP contribution is 2.37. The standard InChI is InChI=1S/C53H106N2O5/c1-4-6-8-10-12-14-16-17-21-25-29-33-37-41-52(60)55(47(3)50(58)45-48(56)39-35-31-27-23-19-15-13-11-9-7-5-2)44-38-34-30-26-22-18-20-24-28-32-36-40-49(57)46-51(59)53(54)42-43-53/h47-51,56-59H,4-46,54H2,1-3H3/t47-,48-,49?,50-,51?/m0/s1. The van der Waals surface area contributed by atoms with Gasteiger partial charge in [0.2, 0.25) is 5.91 Å². The summed E-state index contributed by atoms with van der Waals surface area (Å²) in [6.07, 6.45) is 46.2. The van der Waals surface area contributed by atoms with Crippen LogP contribution in [0.1, 0.15) is 290 Å². The number of amides is 1. The molecule has 0 saturated heterocycles. The lowest BCUT2D eigenvalue weighted by Crippen LogP contribution is -2.46. The van der Waals surface area contributed by atoms with Gasteiger partial charge < -0.3 is 31.1 Å². The minimum absolute atomic E-state index is 0.179. The molecule has 1 amide bonds. The van der Waals surface area contributed by atoms with Crippen molar-refractivity contribution in [2.45, 2.75) is 326 Å². The number of carbonyl (C=O) groups excluding carboxylic acids is 1. The molecule has 0 aromatic heterocycles. The van der Waals surface area contributed by atoms with E-state index in [9.17, 15) is 25.2 Å². The van der Waals surface area contributed by atoms with Gasteiger partial charge in [-0.05, 0) is 45.4 Å². The summed E-state index contributed by atoms with van der Waals surface area (Å²) in [6.45, 7) is 7.24. The van der Waals surface area contributed by atoms with E-state index in [2.05, 4.69) is 13.8 Å². The summed E-state index contributed by atoms with van der Waals surface area (Å²) in [5.74, 6) is 0.179. The summed E-state index contributed by atoms with van der Waals surface area (Å²) in [7, 11) is 0. The lowest BCUT2D eigenvalue weighted by molar-refractivity contribution is -0.136. The first-order valence-electron chi connectivity index (χ1n) is 26.9. The number of unbranched alkanes of at least 4 members (excludes halogenated alkanes) is 32. The van der Waals surface area contributed by atoms with Crippen molar-refractivity contribution in [3.8, 4) is 0 Å². The Bertz CT molecular complexity index is 931. The van der Waals surface area contributed by atoms with Crippen molar-refractivity contribution in [3.05, 3.63) is 0 Å². The molecular weight excluding hydrogens is 745 g/mol. The van der Waals surface area contributed by atoms with Gasteiger partial charge in [0.1, 0.15) is 0 Å². The molecule has 0 aromatic rings. The molecule has 0 bridgehead atoms. The maximum atomic E-state index is 13.6. The molecular formula is C53H106N2O5. The van der Waals surface area contributed by atoms with Gasteiger partial charge >= 0.3 is 0 Å². The van der Waals surface area contributed by atoms with Crippen LogP contribution in [0.2, 0.25) is 0 Å². The van der Waals surface area contributed by atoms with Crippen molar-refractivity contribution in [1.29, 1.82) is 0 Å². The predicted molar refractivity (Wildman–Crippen MR) is 257 cm³/mol. The number of carbonyl (C=O) groups is 1. The molecule has 0 heterocycles. The van der Waals surface area contributed by atoms with Crippen molar-refractivity contribution < 1.29 is 25.2 Å². The zero-order chi connectivity index (χ0) is 43.9. The van der Waals surface area contributed by atoms with Crippen LogP contribution >= 0.6 is 0 Å². The Morgan fingerprint density at radius 2 is 0.800 bits per heavy atom. The molecule has 1 fully saturated rings. The van der Waals surface area contributed by atoms with Crippen molar-refractivity contribution >= 4 is 5.91 Å². The maximum absolute atomic E-state index is 13.6. The van der Waals surface area contributed by atoms with Crippen LogP contribution in [0.15, 0.2) is 0 Å². The van der Waals surface area contributed by atoms with Crippen LogP contribution in [0, 0.1) is 0 Å². The molecule has 358 valence electrons. The van der Waals surface area contributed by atoms with Crippen LogP contribution in [-0.4, -0.2) is 73.8 Å². The molecule has 1 aliphatic carbocycles. The molecule has 5 atom stereocenters. The predicted octanol–water partition coefficient (Wildman–Crippen LogP) is 13.8. The van der Waals surface area contributed by atoms with E-state index in [1.807, 2.05) is 11.8 Å². The summed E-state index contributed by atoms with van der Waals surface area (Å²) >= 11 is 0.